The molecule has 0 bridgehead atoms. The van der Waals surface area contributed by atoms with E-state index in [-0.39, 0.29) is 13.2 Å². The van der Waals surface area contributed by atoms with E-state index >= 15 is 0 Å². The molecule has 0 saturated carbocycles. The van der Waals surface area contributed by atoms with E-state index in [0.29, 0.717) is 85.3 Å². The quantitative estimate of drug-likeness (QED) is 0.0469. The number of carbonyl (C=O) groups is 2. The summed E-state index contributed by atoms with van der Waals surface area (Å²) in [6.07, 6.45) is 74.2. The van der Waals surface area contributed by atoms with E-state index in [2.05, 4.69) is 41.5 Å². The molecular formula is C88H158O10. The van der Waals surface area contributed by atoms with Gasteiger partial charge in [-0.3, -0.25) is 0 Å². The molecule has 2 aromatic carbocycles. The summed E-state index contributed by atoms with van der Waals surface area (Å²) in [7, 11) is 0. The number of benzene rings is 2. The predicted molar refractivity (Wildman–Crippen MR) is 417 cm³/mol. The van der Waals surface area contributed by atoms with Crippen molar-refractivity contribution in [3.63, 3.8) is 0 Å². The molecule has 0 spiro atoms. The minimum atomic E-state index is -0.538. The minimum Gasteiger partial charge on any atom is -0.490 e. The first-order valence-electron chi connectivity index (χ1n) is 42.9. The zero-order valence-electron chi connectivity index (χ0n) is 65.5. The van der Waals surface area contributed by atoms with Crippen molar-refractivity contribution in [3.05, 3.63) is 35.4 Å². The van der Waals surface area contributed by atoms with Crippen molar-refractivity contribution in [1.29, 1.82) is 0 Å². The predicted octanol–water partition coefficient (Wildman–Crippen LogP) is 28.5. The van der Waals surface area contributed by atoms with Crippen LogP contribution in [-0.4, -0.2) is 64.8 Å². The van der Waals surface area contributed by atoms with Crippen molar-refractivity contribution in [3.8, 4) is 34.5 Å². The van der Waals surface area contributed by atoms with Crippen LogP contribution in [0.1, 0.15) is 448 Å². The Labute approximate surface area is 605 Å². The zero-order chi connectivity index (χ0) is 70.3. The van der Waals surface area contributed by atoms with Crippen LogP contribution in [0.2, 0.25) is 0 Å². The fourth-order valence-corrected chi connectivity index (χ4v) is 13.2. The summed E-state index contributed by atoms with van der Waals surface area (Å²) < 4.78 is 51.6. The molecule has 2 rings (SSSR count). The Morgan fingerprint density at radius 2 is 0.337 bits per heavy atom. The van der Waals surface area contributed by atoms with Gasteiger partial charge in [0.1, 0.15) is 13.2 Å². The summed E-state index contributed by atoms with van der Waals surface area (Å²) in [5, 5.41) is 0. The molecule has 0 aliphatic heterocycles. The number of rotatable bonds is 77. The first kappa shape index (κ1) is 90.3. The van der Waals surface area contributed by atoms with Crippen molar-refractivity contribution < 1.29 is 47.5 Å². The molecule has 0 saturated heterocycles. The Bertz CT molecular complexity index is 1820. The van der Waals surface area contributed by atoms with Gasteiger partial charge in [0.2, 0.25) is 11.5 Å². The number of esters is 2. The van der Waals surface area contributed by atoms with E-state index in [1.807, 2.05) is 0 Å². The van der Waals surface area contributed by atoms with Gasteiger partial charge in [-0.05, 0) is 62.8 Å². The Hall–Kier alpha value is -3.82. The van der Waals surface area contributed by atoms with Gasteiger partial charge in [0.15, 0.2) is 23.0 Å². The lowest BCUT2D eigenvalue weighted by Crippen LogP contribution is -2.15. The molecule has 10 nitrogen and oxygen atoms in total. The first-order valence-corrected chi connectivity index (χ1v) is 42.9. The van der Waals surface area contributed by atoms with Crippen LogP contribution in [0, 0.1) is 0 Å². The maximum atomic E-state index is 14.2. The second-order valence-electron chi connectivity index (χ2n) is 29.1. The molecule has 0 amide bonds. The van der Waals surface area contributed by atoms with E-state index in [1.54, 1.807) is 24.3 Å². The summed E-state index contributed by atoms with van der Waals surface area (Å²) in [5.41, 5.74) is 0.640. The normalized spacial score (nSPS) is 11.4. The Morgan fingerprint density at radius 3 is 0.500 bits per heavy atom. The van der Waals surface area contributed by atoms with Gasteiger partial charge in [0.25, 0.3) is 0 Å². The first-order chi connectivity index (χ1) is 48.4. The van der Waals surface area contributed by atoms with Crippen molar-refractivity contribution in [2.75, 3.05) is 52.9 Å². The van der Waals surface area contributed by atoms with Crippen LogP contribution in [0.25, 0.3) is 0 Å². The molecule has 0 unspecified atom stereocenters. The standard InChI is InChI=1S/C88H158O10/c1-7-13-19-25-31-37-43-49-55-61-67-91-81-75-79(76-82(92-68-62-56-50-44-38-32-26-20-14-8-2)85(81)95-71-65-59-53-47-41-35-29-23-17-11-5)87(89)97-73-74-98-88(90)80-77-83(93-69-63-57-51-45-39-33-27-21-15-9-3)86(96-72-66-60-54-48-42-36-30-24-18-12-6)84(78-80)94-70-64-58-52-46-40-34-28-22-16-10-4/h75-78H,7-74H2,1-6H3. The van der Waals surface area contributed by atoms with Gasteiger partial charge in [0, 0.05) is 0 Å². The highest BCUT2D eigenvalue weighted by molar-refractivity contribution is 5.92. The fraction of sp³-hybridized carbons (Fsp3) is 0.841. The number of ether oxygens (including phenoxy) is 8. The van der Waals surface area contributed by atoms with Crippen molar-refractivity contribution in [2.45, 2.75) is 427 Å². The highest BCUT2D eigenvalue weighted by Gasteiger charge is 2.23. The molecule has 0 fully saturated rings. The van der Waals surface area contributed by atoms with Gasteiger partial charge in [-0.15, -0.1) is 0 Å². The molecule has 0 radical (unpaired) electrons. The van der Waals surface area contributed by atoms with Gasteiger partial charge in [-0.1, -0.05) is 388 Å². The average molecular weight is 1380 g/mol. The van der Waals surface area contributed by atoms with Gasteiger partial charge < -0.3 is 37.9 Å². The van der Waals surface area contributed by atoms with Crippen LogP contribution < -0.4 is 28.4 Å². The molecule has 570 valence electrons. The molecule has 0 aromatic heterocycles. The molecule has 98 heavy (non-hydrogen) atoms. The average Bonchev–Trinajstić information content (AvgIpc) is 0.828. The lowest BCUT2D eigenvalue weighted by atomic mass is 10.1. The number of carbonyl (C=O) groups excluding carboxylic acids is 2. The third kappa shape index (κ3) is 52.2. The van der Waals surface area contributed by atoms with Gasteiger partial charge >= 0.3 is 11.9 Å². The Kier molecular flexibility index (Phi) is 64.7. The summed E-state index contributed by atoms with van der Waals surface area (Å²) in [6.45, 7) is 16.6. The molecule has 0 N–H and O–H groups in total. The van der Waals surface area contributed by atoms with E-state index in [0.717, 1.165) is 77.0 Å². The van der Waals surface area contributed by atoms with Crippen LogP contribution in [0.15, 0.2) is 24.3 Å². The number of hydrogen-bond acceptors (Lipinski definition) is 10. The third-order valence-corrected chi connectivity index (χ3v) is 19.6. The highest BCUT2D eigenvalue weighted by atomic mass is 16.6. The van der Waals surface area contributed by atoms with E-state index in [1.165, 1.54) is 308 Å². The smallest absolute Gasteiger partial charge is 0.338 e. The SMILES string of the molecule is CCCCCCCCCCCCOc1cc(C(=O)OCCOC(=O)c2cc(OCCCCCCCCCCCC)c(OCCCCCCCCCCCC)c(OCCCCCCCCCCCC)c2)cc(OCCCCCCCCCCCC)c1OCCCCCCCCCCCC. The molecule has 0 atom stereocenters. The summed E-state index contributed by atoms with van der Waals surface area (Å²) in [5.74, 6) is 2.12. The molecule has 10 heteroatoms. The highest BCUT2D eigenvalue weighted by Crippen LogP contribution is 2.42. The van der Waals surface area contributed by atoms with Crippen molar-refractivity contribution >= 4 is 11.9 Å². The van der Waals surface area contributed by atoms with Gasteiger partial charge in [0.05, 0.1) is 50.8 Å². The molecule has 0 aliphatic rings. The maximum absolute atomic E-state index is 14.2. The Balaban J connectivity index is 2.36. The van der Waals surface area contributed by atoms with Gasteiger partial charge in [-0.2, -0.15) is 0 Å². The van der Waals surface area contributed by atoms with E-state index in [4.69, 9.17) is 37.9 Å². The topological polar surface area (TPSA) is 108 Å². The zero-order valence-corrected chi connectivity index (χ0v) is 65.5. The largest absolute Gasteiger partial charge is 0.490 e. The van der Waals surface area contributed by atoms with Crippen LogP contribution in [0.5, 0.6) is 34.5 Å². The van der Waals surface area contributed by atoms with Crippen LogP contribution >= 0.6 is 0 Å². The van der Waals surface area contributed by atoms with Crippen molar-refractivity contribution in [1.82, 2.24) is 0 Å². The fourth-order valence-electron chi connectivity index (χ4n) is 13.2. The molecular weight excluding hydrogens is 1220 g/mol. The number of hydrogen-bond donors (Lipinski definition) is 0. The van der Waals surface area contributed by atoms with Crippen LogP contribution in [0.4, 0.5) is 0 Å². The third-order valence-electron chi connectivity index (χ3n) is 19.6. The lowest BCUT2D eigenvalue weighted by Gasteiger charge is -2.19. The second-order valence-corrected chi connectivity index (χ2v) is 29.1. The van der Waals surface area contributed by atoms with E-state index in [9.17, 15) is 9.59 Å². The second kappa shape index (κ2) is 70.2. The number of unbranched alkanes of at least 4 members (excludes halogenated alkanes) is 54. The van der Waals surface area contributed by atoms with Crippen molar-refractivity contribution in [2.24, 2.45) is 0 Å². The Morgan fingerprint density at radius 1 is 0.194 bits per heavy atom. The van der Waals surface area contributed by atoms with E-state index < -0.39 is 11.9 Å². The molecule has 2 aromatic rings. The summed E-state index contributed by atoms with van der Waals surface area (Å²) in [6, 6.07) is 7.06. The molecule has 0 aliphatic carbocycles. The van der Waals surface area contributed by atoms with Crippen LogP contribution in [-0.2, 0) is 9.47 Å². The van der Waals surface area contributed by atoms with Gasteiger partial charge in [-0.25, -0.2) is 9.59 Å². The summed E-state index contributed by atoms with van der Waals surface area (Å²) in [4.78, 5) is 28.5. The summed E-state index contributed by atoms with van der Waals surface area (Å²) >= 11 is 0. The monoisotopic (exact) mass is 1380 g/mol. The van der Waals surface area contributed by atoms with Crippen LogP contribution in [0.3, 0.4) is 0 Å². The lowest BCUT2D eigenvalue weighted by molar-refractivity contribution is 0.0264. The maximum Gasteiger partial charge on any atom is 0.338 e. The molecule has 0 heterocycles. The minimum absolute atomic E-state index is 0.130.